The minimum atomic E-state index is -4.36. The molecule has 0 saturated heterocycles. The van der Waals surface area contributed by atoms with Gasteiger partial charge in [0.25, 0.3) is 10.1 Å². The number of carbonyl (C=O) groups excluding carboxylic acids is 1. The van der Waals surface area contributed by atoms with Gasteiger partial charge in [-0.1, -0.05) is 141 Å². The van der Waals surface area contributed by atoms with Crippen LogP contribution in [0.5, 0.6) is 0 Å². The zero-order valence-electron chi connectivity index (χ0n) is 29.4. The van der Waals surface area contributed by atoms with Gasteiger partial charge in [0.15, 0.2) is 0 Å². The summed E-state index contributed by atoms with van der Waals surface area (Å²) in [7, 11) is -7.42. The summed E-state index contributed by atoms with van der Waals surface area (Å²) in [6.45, 7) is 4.14. The van der Waals surface area contributed by atoms with E-state index in [9.17, 15) is 4.79 Å². The molecule has 6 heteroatoms. The van der Waals surface area contributed by atoms with Crippen molar-refractivity contribution < 1.29 is 16.8 Å². The van der Waals surface area contributed by atoms with E-state index in [0.717, 1.165) is 54.5 Å². The summed E-state index contributed by atoms with van der Waals surface area (Å²) < 4.78 is 37.4. The molecule has 2 atom stereocenters. The van der Waals surface area contributed by atoms with E-state index in [1.54, 1.807) is 0 Å². The molecule has 52 heavy (non-hydrogen) atoms. The lowest BCUT2D eigenvalue weighted by molar-refractivity contribution is -0.128. The molecule has 4 nitrogen and oxygen atoms in total. The number of hydrogen-bond acceptors (Lipinski definition) is 4. The van der Waals surface area contributed by atoms with Crippen LogP contribution in [-0.2, 0) is 18.5 Å². The van der Waals surface area contributed by atoms with Crippen molar-refractivity contribution in [1.82, 2.24) is 0 Å². The van der Waals surface area contributed by atoms with Crippen LogP contribution in [-0.4, -0.2) is 20.0 Å². The van der Waals surface area contributed by atoms with Crippen LogP contribution in [0.15, 0.2) is 178 Å². The van der Waals surface area contributed by atoms with Crippen molar-refractivity contribution in [1.29, 1.82) is 0 Å². The van der Waals surface area contributed by atoms with Crippen molar-refractivity contribution in [3.8, 4) is 33.4 Å². The quantitative estimate of drug-likeness (QED) is 0.141. The minimum Gasteiger partial charge on any atom is -0.299 e. The second-order valence-electron chi connectivity index (χ2n) is 14.6. The van der Waals surface area contributed by atoms with Crippen LogP contribution < -0.4 is 0 Å². The average Bonchev–Trinajstić information content (AvgIpc) is 3.52. The van der Waals surface area contributed by atoms with Gasteiger partial charge in [-0.15, -0.1) is 0 Å². The maximum atomic E-state index is 15.2. The molecular weight excluding hydrogens is 681 g/mol. The molecule has 0 spiro atoms. The van der Waals surface area contributed by atoms with Gasteiger partial charge in [0.1, 0.15) is 5.78 Å². The second kappa shape index (κ2) is 13.3. The van der Waals surface area contributed by atoms with E-state index in [1.807, 2.05) is 115 Å². The van der Waals surface area contributed by atoms with E-state index in [4.69, 9.17) is 3.63 Å². The van der Waals surface area contributed by atoms with E-state index in [1.165, 1.54) is 0 Å². The Morgan fingerprint density at radius 1 is 0.596 bits per heavy atom. The van der Waals surface area contributed by atoms with Gasteiger partial charge >= 0.3 is 0 Å². The van der Waals surface area contributed by atoms with E-state index in [-0.39, 0.29) is 17.5 Å². The molecule has 0 N–H and O–H groups in total. The van der Waals surface area contributed by atoms with Gasteiger partial charge in [-0.25, -0.2) is 3.63 Å². The number of rotatable bonds is 10. The first-order chi connectivity index (χ1) is 25.1. The fraction of sp³-hybridized carbons (Fsp3) is 0.196. The molecule has 0 aliphatic heterocycles. The number of Topliss-reactive ketones (excluding diaryl/α,β-unsaturated/α-hetero) is 1. The maximum Gasteiger partial charge on any atom is 0.278 e. The lowest BCUT2D eigenvalue weighted by Crippen LogP contribution is -2.42. The van der Waals surface area contributed by atoms with E-state index < -0.39 is 31.3 Å². The van der Waals surface area contributed by atoms with Gasteiger partial charge in [0.05, 0.1) is 11.2 Å². The summed E-state index contributed by atoms with van der Waals surface area (Å²) in [5.74, 6) is -0.126. The fourth-order valence-corrected chi connectivity index (χ4v) is 15.1. The van der Waals surface area contributed by atoms with Crippen LogP contribution in [0.3, 0.4) is 0 Å². The predicted molar refractivity (Wildman–Crippen MR) is 211 cm³/mol. The fourth-order valence-electron chi connectivity index (χ4n) is 8.70. The molecule has 0 amide bonds. The SMILES string of the molecule is CC1(C)C2CCC1(CS(=O)(=O)OS(c1ccccc1)(c1ccccc1)c1c(-c3ccccc3)cc(-c3ccccc3)cc1-c1ccccc1)C(=O)C2. The normalized spacial score (nSPS) is 19.8. The first-order valence-corrected chi connectivity index (χ1v) is 21.0. The van der Waals surface area contributed by atoms with Crippen molar-refractivity contribution in [2.24, 2.45) is 16.7 Å². The molecule has 6 aromatic carbocycles. The van der Waals surface area contributed by atoms with Crippen molar-refractivity contribution in [2.75, 3.05) is 5.75 Å². The first kappa shape index (κ1) is 34.3. The molecule has 2 bridgehead atoms. The summed E-state index contributed by atoms with van der Waals surface area (Å²) in [5, 5.41) is 0. The topological polar surface area (TPSA) is 60.4 Å². The Bertz CT molecular complexity index is 2230. The van der Waals surface area contributed by atoms with Crippen molar-refractivity contribution in [3.63, 3.8) is 0 Å². The van der Waals surface area contributed by atoms with Gasteiger partial charge in [-0.05, 0) is 104 Å². The number of ketones is 1. The molecule has 262 valence electrons. The highest BCUT2D eigenvalue weighted by Gasteiger charge is 2.66. The maximum absolute atomic E-state index is 15.2. The highest BCUT2D eigenvalue weighted by atomic mass is 32.3. The second-order valence-corrected chi connectivity index (χ2v) is 19.0. The van der Waals surface area contributed by atoms with Crippen molar-refractivity contribution >= 4 is 26.2 Å². The highest BCUT2D eigenvalue weighted by molar-refractivity contribution is 8.33. The molecule has 0 heterocycles. The largest absolute Gasteiger partial charge is 0.299 e. The third-order valence-corrected chi connectivity index (χ3v) is 17.0. The lowest BCUT2D eigenvalue weighted by Gasteiger charge is -2.43. The summed E-state index contributed by atoms with van der Waals surface area (Å²) >= 11 is 0. The molecule has 6 aromatic rings. The Kier molecular flexibility index (Phi) is 8.81. The molecule has 2 aliphatic carbocycles. The molecule has 2 fully saturated rings. The monoisotopic (exact) mass is 722 g/mol. The molecule has 8 rings (SSSR count). The Labute approximate surface area is 309 Å². The minimum absolute atomic E-state index is 0.0445. The van der Waals surface area contributed by atoms with Gasteiger partial charge in [-0.2, -0.15) is 8.42 Å². The molecule has 0 aromatic heterocycles. The smallest absolute Gasteiger partial charge is 0.278 e. The van der Waals surface area contributed by atoms with Gasteiger partial charge in [0.2, 0.25) is 0 Å². The van der Waals surface area contributed by atoms with Gasteiger partial charge in [0, 0.05) is 21.1 Å². The molecule has 2 aliphatic rings. The molecular formula is C46H42O4S2. The molecule has 2 saturated carbocycles. The Balaban J connectivity index is 1.49. The lowest BCUT2D eigenvalue weighted by atomic mass is 9.70. The van der Waals surface area contributed by atoms with E-state index in [2.05, 4.69) is 62.4 Å². The van der Waals surface area contributed by atoms with Gasteiger partial charge in [-0.3, -0.25) is 4.79 Å². The summed E-state index contributed by atoms with van der Waals surface area (Å²) in [6, 6.07) is 54.6. The van der Waals surface area contributed by atoms with Crippen molar-refractivity contribution in [2.45, 2.75) is 47.8 Å². The zero-order valence-corrected chi connectivity index (χ0v) is 31.1. The standard InChI is InChI=1S/C46H42O4S2/c1-45(2)38-28-29-46(45,43(47)32-38)33-51(48,49)50-52(39-24-14-6-15-25-39,40-26-16-7-17-27-40)44-41(35-20-10-4-11-21-35)30-37(34-18-8-3-9-19-34)31-42(44)36-22-12-5-13-23-36/h3-27,30-31,38H,28-29,32-33H2,1-2H3. The Hall–Kier alpha value is -4.75. The van der Waals surface area contributed by atoms with Crippen LogP contribution in [0.4, 0.5) is 0 Å². The van der Waals surface area contributed by atoms with Crippen LogP contribution in [0.1, 0.15) is 33.1 Å². The van der Waals surface area contributed by atoms with E-state index >= 15 is 8.42 Å². The molecule has 0 radical (unpaired) electrons. The summed E-state index contributed by atoms with van der Waals surface area (Å²) in [6.07, 6.45) is 1.83. The Morgan fingerprint density at radius 3 is 1.42 bits per heavy atom. The summed E-state index contributed by atoms with van der Waals surface area (Å²) in [5.41, 5.74) is 4.28. The number of fused-ring (bicyclic) bond motifs is 2. The molecule has 2 unspecified atom stereocenters. The van der Waals surface area contributed by atoms with Crippen LogP contribution in [0.25, 0.3) is 33.4 Å². The number of benzene rings is 6. The third-order valence-electron chi connectivity index (χ3n) is 11.6. The number of carbonyl (C=O) groups is 1. The van der Waals surface area contributed by atoms with Crippen LogP contribution >= 0.6 is 10.3 Å². The van der Waals surface area contributed by atoms with Gasteiger partial charge < -0.3 is 0 Å². The summed E-state index contributed by atoms with van der Waals surface area (Å²) in [4.78, 5) is 16.1. The van der Waals surface area contributed by atoms with E-state index in [0.29, 0.717) is 12.8 Å². The predicted octanol–water partition coefficient (Wildman–Crippen LogP) is 11.6. The Morgan fingerprint density at radius 2 is 1.02 bits per heavy atom. The third kappa shape index (κ3) is 5.74. The average molecular weight is 723 g/mol. The zero-order chi connectivity index (χ0) is 36.0. The van der Waals surface area contributed by atoms with Crippen LogP contribution in [0, 0.1) is 16.7 Å². The highest BCUT2D eigenvalue weighted by Crippen LogP contribution is 2.74. The van der Waals surface area contributed by atoms with Crippen molar-refractivity contribution in [3.05, 3.63) is 164 Å². The first-order valence-electron chi connectivity index (χ1n) is 17.9. The number of hydrogen-bond donors (Lipinski definition) is 0. The van der Waals surface area contributed by atoms with Crippen LogP contribution in [0.2, 0.25) is 0 Å².